The Hall–Kier alpha value is -1.50. The van der Waals surface area contributed by atoms with Crippen LogP contribution in [0.4, 0.5) is 4.39 Å². The minimum atomic E-state index is -0.301. The molecule has 1 N–H and O–H groups in total. The molecule has 0 amide bonds. The molecular weight excluding hydrogens is 307 g/mol. The van der Waals surface area contributed by atoms with Crippen LogP contribution in [-0.2, 0) is 24.4 Å². The van der Waals surface area contributed by atoms with Crippen LogP contribution in [0.5, 0.6) is 0 Å². The summed E-state index contributed by atoms with van der Waals surface area (Å²) in [6.45, 7) is 3.32. The van der Waals surface area contributed by atoms with Gasteiger partial charge in [0.05, 0.1) is 12.3 Å². The van der Waals surface area contributed by atoms with E-state index in [1.54, 1.807) is 12.1 Å². The minimum absolute atomic E-state index is 0.301. The molecule has 1 atom stereocenters. The van der Waals surface area contributed by atoms with Crippen LogP contribution in [0.2, 0.25) is 5.02 Å². The smallest absolute Gasteiger partial charge is 0.129 e. The Balaban J connectivity index is 1.50. The Morgan fingerprint density at radius 1 is 1.41 bits per heavy atom. The van der Waals surface area contributed by atoms with Crippen molar-refractivity contribution in [1.29, 1.82) is 0 Å². The Kier molecular flexibility index (Phi) is 5.02. The molecule has 0 aliphatic carbocycles. The van der Waals surface area contributed by atoms with Crippen molar-refractivity contribution < 1.29 is 9.13 Å². The lowest BCUT2D eigenvalue weighted by Crippen LogP contribution is -2.14. The van der Waals surface area contributed by atoms with Crippen molar-refractivity contribution in [3.05, 3.63) is 46.5 Å². The summed E-state index contributed by atoms with van der Waals surface area (Å²) in [5.74, 6) is 0.213. The van der Waals surface area contributed by atoms with Crippen molar-refractivity contribution in [2.24, 2.45) is 5.92 Å². The molecule has 0 spiro atoms. The SMILES string of the molecule is Fc1cccc(Cl)c1CNCc1cn(CC2CCOC2)nn1. The molecule has 3 rings (SSSR count). The van der Waals surface area contributed by atoms with E-state index < -0.39 is 0 Å². The molecule has 1 aliphatic heterocycles. The Morgan fingerprint density at radius 3 is 3.09 bits per heavy atom. The summed E-state index contributed by atoms with van der Waals surface area (Å²) in [7, 11) is 0. The molecule has 1 unspecified atom stereocenters. The molecule has 1 fully saturated rings. The maximum absolute atomic E-state index is 13.6. The fourth-order valence-electron chi connectivity index (χ4n) is 2.52. The maximum atomic E-state index is 13.6. The highest BCUT2D eigenvalue weighted by Crippen LogP contribution is 2.18. The lowest BCUT2D eigenvalue weighted by atomic mass is 10.1. The average Bonchev–Trinajstić information content (AvgIpc) is 3.15. The zero-order valence-electron chi connectivity index (χ0n) is 12.1. The zero-order chi connectivity index (χ0) is 15.4. The predicted octanol–water partition coefficient (Wildman–Crippen LogP) is 2.40. The van der Waals surface area contributed by atoms with Crippen molar-refractivity contribution in [3.8, 4) is 0 Å². The van der Waals surface area contributed by atoms with E-state index in [9.17, 15) is 4.39 Å². The Labute approximate surface area is 133 Å². The van der Waals surface area contributed by atoms with Crippen LogP contribution in [-0.4, -0.2) is 28.2 Å². The monoisotopic (exact) mass is 324 g/mol. The van der Waals surface area contributed by atoms with Gasteiger partial charge in [-0.1, -0.05) is 22.9 Å². The summed E-state index contributed by atoms with van der Waals surface area (Å²) in [4.78, 5) is 0. The maximum Gasteiger partial charge on any atom is 0.129 e. The van der Waals surface area contributed by atoms with Gasteiger partial charge in [-0.05, 0) is 18.6 Å². The molecule has 1 aromatic heterocycles. The fourth-order valence-corrected chi connectivity index (χ4v) is 2.75. The van der Waals surface area contributed by atoms with E-state index in [0.717, 1.165) is 31.9 Å². The van der Waals surface area contributed by atoms with Gasteiger partial charge >= 0.3 is 0 Å². The first-order chi connectivity index (χ1) is 10.7. The lowest BCUT2D eigenvalue weighted by molar-refractivity contribution is 0.181. The van der Waals surface area contributed by atoms with E-state index in [4.69, 9.17) is 16.3 Å². The standard InChI is InChI=1S/C15H18ClFN4O/c16-14-2-1-3-15(17)13(14)7-18-6-12-9-21(20-19-12)8-11-4-5-22-10-11/h1-3,9,11,18H,4-8,10H2. The quantitative estimate of drug-likeness (QED) is 0.886. The van der Waals surface area contributed by atoms with Crippen LogP contribution in [0.3, 0.4) is 0 Å². The highest BCUT2D eigenvalue weighted by atomic mass is 35.5. The van der Waals surface area contributed by atoms with Gasteiger partial charge in [-0.25, -0.2) is 4.39 Å². The molecule has 1 saturated heterocycles. The third-order valence-electron chi connectivity index (χ3n) is 3.72. The number of nitrogens with one attached hydrogen (secondary N) is 1. The molecule has 118 valence electrons. The highest BCUT2D eigenvalue weighted by molar-refractivity contribution is 6.31. The number of halogens is 2. The van der Waals surface area contributed by atoms with Crippen LogP contribution in [0.25, 0.3) is 0 Å². The number of hydrogen-bond acceptors (Lipinski definition) is 4. The van der Waals surface area contributed by atoms with Gasteiger partial charge in [-0.15, -0.1) is 5.10 Å². The van der Waals surface area contributed by atoms with Gasteiger partial charge in [0.2, 0.25) is 0 Å². The second kappa shape index (κ2) is 7.17. The summed E-state index contributed by atoms with van der Waals surface area (Å²) in [5, 5.41) is 11.8. The van der Waals surface area contributed by atoms with E-state index in [1.165, 1.54) is 6.07 Å². The summed E-state index contributed by atoms with van der Waals surface area (Å²) >= 11 is 5.99. The molecule has 1 aromatic carbocycles. The van der Waals surface area contributed by atoms with Gasteiger partial charge in [-0.3, -0.25) is 4.68 Å². The fraction of sp³-hybridized carbons (Fsp3) is 0.467. The summed E-state index contributed by atoms with van der Waals surface area (Å²) < 4.78 is 20.8. The molecular formula is C15H18ClFN4O. The minimum Gasteiger partial charge on any atom is -0.381 e. The van der Waals surface area contributed by atoms with Crippen LogP contribution in [0, 0.1) is 11.7 Å². The largest absolute Gasteiger partial charge is 0.381 e. The van der Waals surface area contributed by atoms with Crippen LogP contribution >= 0.6 is 11.6 Å². The van der Waals surface area contributed by atoms with Crippen LogP contribution < -0.4 is 5.32 Å². The molecule has 0 radical (unpaired) electrons. The number of nitrogens with zero attached hydrogens (tertiary/aromatic N) is 3. The molecule has 7 heteroatoms. The van der Waals surface area contributed by atoms with Gasteiger partial charge < -0.3 is 10.1 Å². The van der Waals surface area contributed by atoms with Crippen molar-refractivity contribution >= 4 is 11.6 Å². The summed E-state index contributed by atoms with van der Waals surface area (Å²) in [6, 6.07) is 4.68. The topological polar surface area (TPSA) is 52.0 Å². The van der Waals surface area contributed by atoms with E-state index in [0.29, 0.717) is 29.6 Å². The highest BCUT2D eigenvalue weighted by Gasteiger charge is 2.16. The number of hydrogen-bond donors (Lipinski definition) is 1. The molecule has 0 bridgehead atoms. The van der Waals surface area contributed by atoms with Crippen molar-refractivity contribution in [2.45, 2.75) is 26.1 Å². The van der Waals surface area contributed by atoms with Crippen molar-refractivity contribution in [1.82, 2.24) is 20.3 Å². The van der Waals surface area contributed by atoms with Gasteiger partial charge in [0.25, 0.3) is 0 Å². The predicted molar refractivity (Wildman–Crippen MR) is 80.9 cm³/mol. The molecule has 2 aromatic rings. The van der Waals surface area contributed by atoms with E-state index in [2.05, 4.69) is 15.6 Å². The summed E-state index contributed by atoms with van der Waals surface area (Å²) in [6.07, 6.45) is 2.98. The molecule has 5 nitrogen and oxygen atoms in total. The lowest BCUT2D eigenvalue weighted by Gasteiger charge is -2.06. The Bertz CT molecular complexity index is 608. The average molecular weight is 325 g/mol. The first-order valence-electron chi connectivity index (χ1n) is 7.32. The van der Waals surface area contributed by atoms with Gasteiger partial charge in [-0.2, -0.15) is 0 Å². The van der Waals surface area contributed by atoms with Crippen LogP contribution in [0.1, 0.15) is 17.7 Å². The first kappa shape index (κ1) is 15.4. The Morgan fingerprint density at radius 2 is 2.32 bits per heavy atom. The second-order valence-corrected chi connectivity index (χ2v) is 5.87. The third-order valence-corrected chi connectivity index (χ3v) is 4.08. The number of ether oxygens (including phenoxy) is 1. The zero-order valence-corrected chi connectivity index (χ0v) is 12.9. The normalized spacial score (nSPS) is 18.0. The summed E-state index contributed by atoms with van der Waals surface area (Å²) in [5.41, 5.74) is 1.30. The number of rotatable bonds is 6. The van der Waals surface area contributed by atoms with Crippen LogP contribution in [0.15, 0.2) is 24.4 Å². The molecule has 1 aliphatic rings. The van der Waals surface area contributed by atoms with Gasteiger partial charge in [0.15, 0.2) is 0 Å². The molecule has 2 heterocycles. The van der Waals surface area contributed by atoms with E-state index in [1.807, 2.05) is 10.9 Å². The number of benzene rings is 1. The van der Waals surface area contributed by atoms with E-state index in [-0.39, 0.29) is 5.82 Å². The first-order valence-corrected chi connectivity index (χ1v) is 7.70. The van der Waals surface area contributed by atoms with Gasteiger partial charge in [0.1, 0.15) is 5.82 Å². The van der Waals surface area contributed by atoms with Crippen molar-refractivity contribution in [2.75, 3.05) is 13.2 Å². The molecule has 22 heavy (non-hydrogen) atoms. The molecule has 0 saturated carbocycles. The van der Waals surface area contributed by atoms with E-state index >= 15 is 0 Å². The third kappa shape index (κ3) is 3.82. The van der Waals surface area contributed by atoms with Gasteiger partial charge in [0, 0.05) is 48.9 Å². The van der Waals surface area contributed by atoms with Crippen molar-refractivity contribution in [3.63, 3.8) is 0 Å². The number of aromatic nitrogens is 3. The second-order valence-electron chi connectivity index (χ2n) is 5.47.